The van der Waals surface area contributed by atoms with Crippen molar-refractivity contribution in [1.82, 2.24) is 19.3 Å². The molecule has 0 aliphatic rings. The predicted octanol–water partition coefficient (Wildman–Crippen LogP) is 5.46. The van der Waals surface area contributed by atoms with Crippen LogP contribution >= 0.6 is 0 Å². The smallest absolute Gasteiger partial charge is 0.213 e. The lowest BCUT2D eigenvalue weighted by atomic mass is 10.1. The van der Waals surface area contributed by atoms with E-state index in [1.807, 2.05) is 60.8 Å². The molecule has 6 nitrogen and oxygen atoms in total. The van der Waals surface area contributed by atoms with Crippen LogP contribution in [0.2, 0.25) is 0 Å². The fourth-order valence-electron chi connectivity index (χ4n) is 3.95. The van der Waals surface area contributed by atoms with Crippen LogP contribution in [0.4, 0.5) is 0 Å². The van der Waals surface area contributed by atoms with Crippen molar-refractivity contribution in [3.63, 3.8) is 0 Å². The highest BCUT2D eigenvalue weighted by atomic mass is 16.5. The van der Waals surface area contributed by atoms with Crippen molar-refractivity contribution in [2.24, 2.45) is 0 Å². The Labute approximate surface area is 199 Å². The third-order valence-electron chi connectivity index (χ3n) is 5.69. The number of para-hydroxylation sites is 1. The first-order chi connectivity index (χ1) is 16.7. The van der Waals surface area contributed by atoms with Gasteiger partial charge in [0.05, 0.1) is 12.1 Å². The molecule has 0 fully saturated rings. The second kappa shape index (κ2) is 9.93. The molecule has 0 atom stereocenters. The maximum absolute atomic E-state index is 6.20. The third kappa shape index (κ3) is 4.87. The molecular weight excluding hydrogens is 424 g/mol. The van der Waals surface area contributed by atoms with Gasteiger partial charge in [-0.3, -0.25) is 4.40 Å². The molecule has 0 spiro atoms. The van der Waals surface area contributed by atoms with Gasteiger partial charge in [-0.25, -0.2) is 9.97 Å². The van der Waals surface area contributed by atoms with Crippen LogP contribution in [0.3, 0.4) is 0 Å². The number of benzene rings is 2. The Morgan fingerprint density at radius 3 is 2.50 bits per heavy atom. The minimum absolute atomic E-state index is 0.507. The van der Waals surface area contributed by atoms with Crippen LogP contribution in [0.15, 0.2) is 85.2 Å². The number of nitrogens with zero attached hydrogens (tertiary/aromatic N) is 4. The summed E-state index contributed by atoms with van der Waals surface area (Å²) in [7, 11) is 4.12. The molecular formula is C28H28N4O2. The average Bonchev–Trinajstić information content (AvgIpc) is 3.25. The number of ether oxygens (including phenoxy) is 2. The Morgan fingerprint density at radius 2 is 1.71 bits per heavy atom. The molecule has 0 aliphatic carbocycles. The van der Waals surface area contributed by atoms with E-state index in [9.17, 15) is 0 Å². The lowest BCUT2D eigenvalue weighted by molar-refractivity contribution is 0.273. The summed E-state index contributed by atoms with van der Waals surface area (Å²) in [5.74, 6) is 1.46. The minimum atomic E-state index is 0.507. The molecule has 5 rings (SSSR count). The van der Waals surface area contributed by atoms with E-state index in [1.165, 1.54) is 0 Å². The van der Waals surface area contributed by atoms with Crippen molar-refractivity contribution in [3.05, 3.63) is 90.8 Å². The van der Waals surface area contributed by atoms with Crippen LogP contribution in [0.5, 0.6) is 11.6 Å². The highest BCUT2D eigenvalue weighted by Gasteiger charge is 2.12. The van der Waals surface area contributed by atoms with Gasteiger partial charge >= 0.3 is 0 Å². The van der Waals surface area contributed by atoms with E-state index in [4.69, 9.17) is 14.5 Å². The number of pyridine rings is 2. The van der Waals surface area contributed by atoms with Crippen LogP contribution in [-0.4, -0.2) is 46.5 Å². The Hall–Kier alpha value is -3.90. The Balaban J connectivity index is 1.39. The average molecular weight is 453 g/mol. The number of rotatable bonds is 9. The van der Waals surface area contributed by atoms with Crippen molar-refractivity contribution in [1.29, 1.82) is 0 Å². The standard InChI is InChI=1S/C28H28N4O2/c1-31(2)16-7-17-33-27-15-13-22(18-29-27)23-12-14-26-30-24-10-6-11-25(28(24)32(26)19-23)34-20-21-8-4-3-5-9-21/h3-6,8-15,18-19H,7,16-17,20H2,1-2H3. The molecule has 6 heteroatoms. The molecule has 3 aromatic heterocycles. The van der Waals surface area contributed by atoms with Gasteiger partial charge < -0.3 is 14.4 Å². The molecule has 0 N–H and O–H groups in total. The first kappa shape index (κ1) is 21.9. The quantitative estimate of drug-likeness (QED) is 0.278. The van der Waals surface area contributed by atoms with Gasteiger partial charge in [-0.2, -0.15) is 0 Å². The summed E-state index contributed by atoms with van der Waals surface area (Å²) in [6.07, 6.45) is 4.92. The van der Waals surface area contributed by atoms with Crippen LogP contribution < -0.4 is 9.47 Å². The molecule has 34 heavy (non-hydrogen) atoms. The second-order valence-electron chi connectivity index (χ2n) is 8.55. The summed E-state index contributed by atoms with van der Waals surface area (Å²) in [5.41, 5.74) is 5.95. The zero-order valence-electron chi connectivity index (χ0n) is 19.5. The first-order valence-electron chi connectivity index (χ1n) is 11.5. The van der Waals surface area contributed by atoms with Gasteiger partial charge in [0.2, 0.25) is 5.88 Å². The van der Waals surface area contributed by atoms with Gasteiger partial charge in [0, 0.05) is 36.1 Å². The molecule has 2 aromatic carbocycles. The SMILES string of the molecule is CN(C)CCCOc1ccc(-c2ccc3nc4cccc(OCc5ccccc5)c4n3c2)cn1. The van der Waals surface area contributed by atoms with Crippen LogP contribution in [0, 0.1) is 0 Å². The Morgan fingerprint density at radius 1 is 0.853 bits per heavy atom. The largest absolute Gasteiger partial charge is 0.487 e. The molecule has 5 aromatic rings. The topological polar surface area (TPSA) is 51.9 Å². The Bertz CT molecular complexity index is 1380. The van der Waals surface area contributed by atoms with Gasteiger partial charge in [0.15, 0.2) is 0 Å². The van der Waals surface area contributed by atoms with Crippen LogP contribution in [-0.2, 0) is 6.61 Å². The fourth-order valence-corrected chi connectivity index (χ4v) is 3.95. The lowest BCUT2D eigenvalue weighted by Crippen LogP contribution is -2.15. The first-order valence-corrected chi connectivity index (χ1v) is 11.5. The predicted molar refractivity (Wildman–Crippen MR) is 135 cm³/mol. The minimum Gasteiger partial charge on any atom is -0.487 e. The van der Waals surface area contributed by atoms with Crippen molar-refractivity contribution in [3.8, 4) is 22.8 Å². The van der Waals surface area contributed by atoms with E-state index in [-0.39, 0.29) is 0 Å². The Kier molecular flexibility index (Phi) is 6.40. The van der Waals surface area contributed by atoms with Gasteiger partial charge in [0.1, 0.15) is 23.5 Å². The summed E-state index contributed by atoms with van der Waals surface area (Å²) in [5, 5.41) is 0. The highest BCUT2D eigenvalue weighted by Crippen LogP contribution is 2.30. The van der Waals surface area contributed by atoms with Gasteiger partial charge in [-0.05, 0) is 56.4 Å². The third-order valence-corrected chi connectivity index (χ3v) is 5.69. The van der Waals surface area contributed by atoms with E-state index in [0.29, 0.717) is 19.1 Å². The number of imidazole rings is 1. The zero-order chi connectivity index (χ0) is 23.3. The van der Waals surface area contributed by atoms with Crippen molar-refractivity contribution < 1.29 is 9.47 Å². The number of hydrogen-bond acceptors (Lipinski definition) is 5. The van der Waals surface area contributed by atoms with Gasteiger partial charge in [0.25, 0.3) is 0 Å². The summed E-state index contributed by atoms with van der Waals surface area (Å²) in [6.45, 7) is 2.16. The molecule has 0 amide bonds. The summed E-state index contributed by atoms with van der Waals surface area (Å²) in [4.78, 5) is 11.4. The van der Waals surface area contributed by atoms with Gasteiger partial charge in [-0.1, -0.05) is 36.4 Å². The van der Waals surface area contributed by atoms with Crippen molar-refractivity contribution >= 4 is 16.7 Å². The normalized spacial score (nSPS) is 11.4. The molecule has 0 aliphatic heterocycles. The van der Waals surface area contributed by atoms with E-state index in [2.05, 4.69) is 52.8 Å². The molecule has 0 bridgehead atoms. The maximum Gasteiger partial charge on any atom is 0.213 e. The second-order valence-corrected chi connectivity index (χ2v) is 8.55. The summed E-state index contributed by atoms with van der Waals surface area (Å²) >= 11 is 0. The number of fused-ring (bicyclic) bond motifs is 3. The molecule has 3 heterocycles. The van der Waals surface area contributed by atoms with Crippen molar-refractivity contribution in [2.45, 2.75) is 13.0 Å². The summed E-state index contributed by atoms with van der Waals surface area (Å²) in [6, 6.07) is 24.2. The summed E-state index contributed by atoms with van der Waals surface area (Å²) < 4.78 is 14.1. The lowest BCUT2D eigenvalue weighted by Gasteiger charge is -2.10. The molecule has 0 unspecified atom stereocenters. The molecule has 0 saturated carbocycles. The van der Waals surface area contributed by atoms with E-state index >= 15 is 0 Å². The number of hydrogen-bond donors (Lipinski definition) is 0. The van der Waals surface area contributed by atoms with Crippen LogP contribution in [0.1, 0.15) is 12.0 Å². The van der Waals surface area contributed by atoms with Gasteiger partial charge in [-0.15, -0.1) is 0 Å². The monoisotopic (exact) mass is 452 g/mol. The fraction of sp³-hybridized carbons (Fsp3) is 0.214. The van der Waals surface area contributed by atoms with Crippen molar-refractivity contribution in [2.75, 3.05) is 27.2 Å². The molecule has 172 valence electrons. The van der Waals surface area contributed by atoms with E-state index in [1.54, 1.807) is 0 Å². The molecule has 0 radical (unpaired) electrons. The van der Waals surface area contributed by atoms with E-state index < -0.39 is 0 Å². The highest BCUT2D eigenvalue weighted by molar-refractivity contribution is 5.87. The zero-order valence-corrected chi connectivity index (χ0v) is 19.5. The van der Waals surface area contributed by atoms with Crippen LogP contribution in [0.25, 0.3) is 27.8 Å². The van der Waals surface area contributed by atoms with E-state index in [0.717, 1.165) is 52.1 Å². The number of aromatic nitrogens is 3. The maximum atomic E-state index is 6.20. The molecule has 0 saturated heterocycles.